The van der Waals surface area contributed by atoms with E-state index in [0.717, 1.165) is 12.0 Å². The molecule has 0 atom stereocenters. The Morgan fingerprint density at radius 3 is 2.48 bits per heavy atom. The topological polar surface area (TPSA) is 97.4 Å². The molecule has 2 rings (SSSR count). The molecule has 0 aliphatic rings. The highest BCUT2D eigenvalue weighted by molar-refractivity contribution is 6.39. The molecule has 0 spiro atoms. The van der Waals surface area contributed by atoms with E-state index in [1.165, 1.54) is 24.3 Å². The Bertz CT molecular complexity index is 730. The normalized spacial score (nSPS) is 9.96. The van der Waals surface area contributed by atoms with Gasteiger partial charge in [-0.2, -0.15) is 0 Å². The van der Waals surface area contributed by atoms with Crippen LogP contribution < -0.4 is 10.6 Å². The van der Waals surface area contributed by atoms with Crippen molar-refractivity contribution < 1.29 is 19.1 Å². The van der Waals surface area contributed by atoms with E-state index in [0.29, 0.717) is 17.9 Å². The van der Waals surface area contributed by atoms with Crippen LogP contribution in [-0.4, -0.2) is 29.4 Å². The number of hydrogen-bond acceptors (Lipinski definition) is 5. The minimum Gasteiger partial charge on any atom is -0.462 e. The van der Waals surface area contributed by atoms with Crippen LogP contribution in [0.4, 0.5) is 5.69 Å². The highest BCUT2D eigenvalue weighted by atomic mass is 16.5. The summed E-state index contributed by atoms with van der Waals surface area (Å²) in [4.78, 5) is 39.3. The lowest BCUT2D eigenvalue weighted by Gasteiger charge is -2.07. The molecule has 2 aromatic rings. The maximum atomic E-state index is 11.9. The Hall–Kier alpha value is -3.22. The highest BCUT2D eigenvalue weighted by Gasteiger charge is 2.14. The van der Waals surface area contributed by atoms with Gasteiger partial charge in [0.15, 0.2) is 0 Å². The summed E-state index contributed by atoms with van der Waals surface area (Å²) in [5.74, 6) is -1.96. The standard InChI is InChI=1S/C18H19N3O4/c1-2-10-25-18(24)14-5-7-15(8-6-14)21-17(23)16(22)20-12-13-4-3-9-19-11-13/h3-9,11H,2,10,12H2,1H3,(H,20,22)(H,21,23). The molecule has 1 heterocycles. The first kappa shape index (κ1) is 18.1. The second-order valence-corrected chi connectivity index (χ2v) is 5.21. The molecule has 7 nitrogen and oxygen atoms in total. The zero-order chi connectivity index (χ0) is 18.1. The summed E-state index contributed by atoms with van der Waals surface area (Å²) in [6.45, 7) is 2.47. The monoisotopic (exact) mass is 341 g/mol. The maximum Gasteiger partial charge on any atom is 0.338 e. The van der Waals surface area contributed by atoms with Crippen LogP contribution in [0.25, 0.3) is 0 Å². The molecule has 0 fully saturated rings. The Kier molecular flexibility index (Phi) is 6.65. The summed E-state index contributed by atoms with van der Waals surface area (Å²) >= 11 is 0. The van der Waals surface area contributed by atoms with Crippen molar-refractivity contribution in [2.24, 2.45) is 0 Å². The third kappa shape index (κ3) is 5.72. The largest absolute Gasteiger partial charge is 0.462 e. The number of nitrogens with zero attached hydrogens (tertiary/aromatic N) is 1. The summed E-state index contributed by atoms with van der Waals surface area (Å²) in [5.41, 5.74) is 1.58. The van der Waals surface area contributed by atoms with E-state index in [4.69, 9.17) is 4.74 Å². The van der Waals surface area contributed by atoms with Crippen LogP contribution in [0.1, 0.15) is 29.3 Å². The Morgan fingerprint density at radius 1 is 1.08 bits per heavy atom. The van der Waals surface area contributed by atoms with Gasteiger partial charge in [-0.25, -0.2) is 4.79 Å². The van der Waals surface area contributed by atoms with Gasteiger partial charge < -0.3 is 15.4 Å². The van der Waals surface area contributed by atoms with Crippen molar-refractivity contribution >= 4 is 23.5 Å². The number of carbonyl (C=O) groups excluding carboxylic acids is 3. The van der Waals surface area contributed by atoms with E-state index in [2.05, 4.69) is 15.6 Å². The van der Waals surface area contributed by atoms with Gasteiger partial charge in [0.2, 0.25) is 0 Å². The van der Waals surface area contributed by atoms with Gasteiger partial charge in [-0.15, -0.1) is 0 Å². The van der Waals surface area contributed by atoms with Crippen molar-refractivity contribution in [1.29, 1.82) is 0 Å². The highest BCUT2D eigenvalue weighted by Crippen LogP contribution is 2.10. The Labute approximate surface area is 145 Å². The van der Waals surface area contributed by atoms with E-state index < -0.39 is 17.8 Å². The molecule has 0 bridgehead atoms. The smallest absolute Gasteiger partial charge is 0.338 e. The number of amides is 2. The number of rotatable bonds is 6. The van der Waals surface area contributed by atoms with Crippen LogP contribution in [0.2, 0.25) is 0 Å². The van der Waals surface area contributed by atoms with Crippen LogP contribution in [0.5, 0.6) is 0 Å². The van der Waals surface area contributed by atoms with Crippen LogP contribution in [0.3, 0.4) is 0 Å². The minimum atomic E-state index is -0.787. The molecule has 0 unspecified atom stereocenters. The van der Waals surface area contributed by atoms with Gasteiger partial charge in [0, 0.05) is 24.6 Å². The zero-order valence-corrected chi connectivity index (χ0v) is 13.8. The van der Waals surface area contributed by atoms with E-state index in [-0.39, 0.29) is 6.54 Å². The summed E-state index contributed by atoms with van der Waals surface area (Å²) in [6.07, 6.45) is 3.97. The zero-order valence-electron chi connectivity index (χ0n) is 13.8. The molecule has 0 saturated carbocycles. The van der Waals surface area contributed by atoms with Gasteiger partial charge in [0.25, 0.3) is 0 Å². The van der Waals surface area contributed by atoms with Gasteiger partial charge in [0.05, 0.1) is 12.2 Å². The van der Waals surface area contributed by atoms with Gasteiger partial charge in [-0.05, 0) is 42.3 Å². The number of ether oxygens (including phenoxy) is 1. The van der Waals surface area contributed by atoms with Gasteiger partial charge in [-0.3, -0.25) is 14.6 Å². The van der Waals surface area contributed by atoms with Crippen molar-refractivity contribution in [2.45, 2.75) is 19.9 Å². The van der Waals surface area contributed by atoms with Crippen molar-refractivity contribution in [3.63, 3.8) is 0 Å². The van der Waals surface area contributed by atoms with Gasteiger partial charge in [-0.1, -0.05) is 13.0 Å². The van der Waals surface area contributed by atoms with E-state index in [9.17, 15) is 14.4 Å². The molecule has 1 aromatic heterocycles. The van der Waals surface area contributed by atoms with Crippen molar-refractivity contribution in [3.05, 3.63) is 59.9 Å². The molecular weight excluding hydrogens is 322 g/mol. The first-order chi connectivity index (χ1) is 12.1. The number of benzene rings is 1. The molecule has 2 N–H and O–H groups in total. The van der Waals surface area contributed by atoms with Crippen molar-refractivity contribution in [3.8, 4) is 0 Å². The quantitative estimate of drug-likeness (QED) is 0.618. The third-order valence-electron chi connectivity index (χ3n) is 3.20. The number of aromatic nitrogens is 1. The predicted octanol–water partition coefficient (Wildman–Crippen LogP) is 1.90. The number of nitrogens with one attached hydrogen (secondary N) is 2. The lowest BCUT2D eigenvalue weighted by Crippen LogP contribution is -2.34. The number of anilines is 1. The van der Waals surface area contributed by atoms with Crippen molar-refractivity contribution in [1.82, 2.24) is 10.3 Å². The van der Waals surface area contributed by atoms with Crippen LogP contribution >= 0.6 is 0 Å². The number of carbonyl (C=O) groups is 3. The first-order valence-corrected chi connectivity index (χ1v) is 7.85. The molecule has 0 aliphatic heterocycles. The molecule has 130 valence electrons. The summed E-state index contributed by atoms with van der Waals surface area (Å²) in [7, 11) is 0. The van der Waals surface area contributed by atoms with Crippen molar-refractivity contribution in [2.75, 3.05) is 11.9 Å². The average Bonchev–Trinajstić information content (AvgIpc) is 2.65. The third-order valence-corrected chi connectivity index (χ3v) is 3.20. The van der Waals surface area contributed by atoms with Crippen LogP contribution in [0, 0.1) is 0 Å². The Balaban J connectivity index is 1.85. The van der Waals surface area contributed by atoms with Crippen LogP contribution in [0.15, 0.2) is 48.8 Å². The second kappa shape index (κ2) is 9.17. The molecule has 2 amide bonds. The van der Waals surface area contributed by atoms with Gasteiger partial charge >= 0.3 is 17.8 Å². The second-order valence-electron chi connectivity index (χ2n) is 5.21. The molecule has 0 saturated heterocycles. The summed E-state index contributed by atoms with van der Waals surface area (Å²) < 4.78 is 5.01. The number of hydrogen-bond donors (Lipinski definition) is 2. The number of esters is 1. The lowest BCUT2D eigenvalue weighted by molar-refractivity contribution is -0.136. The first-order valence-electron chi connectivity index (χ1n) is 7.85. The van der Waals surface area contributed by atoms with Crippen LogP contribution in [-0.2, 0) is 20.9 Å². The fraction of sp³-hybridized carbons (Fsp3) is 0.222. The summed E-state index contributed by atoms with van der Waals surface area (Å²) in [6, 6.07) is 9.67. The Morgan fingerprint density at radius 2 is 1.84 bits per heavy atom. The maximum absolute atomic E-state index is 11.9. The SMILES string of the molecule is CCCOC(=O)c1ccc(NC(=O)C(=O)NCc2cccnc2)cc1. The van der Waals surface area contributed by atoms with Gasteiger partial charge in [0.1, 0.15) is 0 Å². The molecular formula is C18H19N3O4. The summed E-state index contributed by atoms with van der Waals surface area (Å²) in [5, 5.41) is 4.98. The average molecular weight is 341 g/mol. The number of pyridine rings is 1. The lowest BCUT2D eigenvalue weighted by atomic mass is 10.2. The predicted molar refractivity (Wildman–Crippen MR) is 91.7 cm³/mol. The molecule has 25 heavy (non-hydrogen) atoms. The minimum absolute atomic E-state index is 0.211. The molecule has 1 aromatic carbocycles. The van der Waals surface area contributed by atoms with E-state index in [1.54, 1.807) is 24.5 Å². The molecule has 7 heteroatoms. The van der Waals surface area contributed by atoms with E-state index >= 15 is 0 Å². The molecule has 0 radical (unpaired) electrons. The fourth-order valence-electron chi connectivity index (χ4n) is 1.92. The fourth-order valence-corrected chi connectivity index (χ4v) is 1.92. The van der Waals surface area contributed by atoms with E-state index in [1.807, 2.05) is 6.92 Å². The molecule has 0 aliphatic carbocycles.